The Hall–Kier alpha value is -1.55. The first-order chi connectivity index (χ1) is 8.99. The number of benzene rings is 1. The average molecular weight is 281 g/mol. The van der Waals surface area contributed by atoms with Gasteiger partial charge in [-0.05, 0) is 38.0 Å². The number of amides is 2. The van der Waals surface area contributed by atoms with E-state index in [2.05, 4.69) is 10.6 Å². The Morgan fingerprint density at radius 2 is 2.21 bits per heavy atom. The minimum atomic E-state index is -0.851. The molecule has 102 valence electrons. The quantitative estimate of drug-likeness (QED) is 0.875. The lowest BCUT2D eigenvalue weighted by molar-refractivity contribution is -0.129. The van der Waals surface area contributed by atoms with E-state index in [9.17, 15) is 9.59 Å². The topological polar surface area (TPSA) is 58.2 Å². The number of hydrogen-bond donors (Lipinski definition) is 2. The molecule has 1 saturated heterocycles. The summed E-state index contributed by atoms with van der Waals surface area (Å²) < 4.78 is 0. The number of hydrogen-bond acceptors (Lipinski definition) is 2. The molecule has 0 bridgehead atoms. The molecule has 2 rings (SSSR count). The van der Waals surface area contributed by atoms with Crippen LogP contribution in [0.3, 0.4) is 0 Å². The predicted molar refractivity (Wildman–Crippen MR) is 75.1 cm³/mol. The molecule has 4 nitrogen and oxygen atoms in total. The zero-order chi connectivity index (χ0) is 13.9. The van der Waals surface area contributed by atoms with Crippen molar-refractivity contribution >= 4 is 29.1 Å². The van der Waals surface area contributed by atoms with E-state index in [4.69, 9.17) is 11.6 Å². The van der Waals surface area contributed by atoms with Crippen molar-refractivity contribution in [3.63, 3.8) is 0 Å². The van der Waals surface area contributed by atoms with Gasteiger partial charge in [-0.3, -0.25) is 9.59 Å². The summed E-state index contributed by atoms with van der Waals surface area (Å²) >= 11 is 5.88. The molecular weight excluding hydrogens is 264 g/mol. The molecule has 1 aromatic carbocycles. The number of carbonyl (C=O) groups is 2. The van der Waals surface area contributed by atoms with E-state index < -0.39 is 5.54 Å². The van der Waals surface area contributed by atoms with Crippen molar-refractivity contribution in [2.45, 2.75) is 38.1 Å². The molecule has 1 unspecified atom stereocenters. The van der Waals surface area contributed by atoms with Crippen LogP contribution in [0.4, 0.5) is 5.69 Å². The van der Waals surface area contributed by atoms with Crippen LogP contribution in [0.15, 0.2) is 24.3 Å². The van der Waals surface area contributed by atoms with Gasteiger partial charge in [0.1, 0.15) is 5.54 Å². The smallest absolute Gasteiger partial charge is 0.249 e. The first kappa shape index (κ1) is 13.9. The van der Waals surface area contributed by atoms with Crippen LogP contribution in [-0.2, 0) is 9.59 Å². The maximum Gasteiger partial charge on any atom is 0.249 e. The molecule has 0 aliphatic carbocycles. The van der Waals surface area contributed by atoms with Crippen LogP contribution in [0.2, 0.25) is 5.02 Å². The lowest BCUT2D eigenvalue weighted by atomic mass is 9.95. The Balaban J connectivity index is 2.11. The molecule has 0 saturated carbocycles. The highest BCUT2D eigenvalue weighted by molar-refractivity contribution is 6.30. The summed E-state index contributed by atoms with van der Waals surface area (Å²) in [7, 11) is 0. The maximum atomic E-state index is 12.3. The van der Waals surface area contributed by atoms with Gasteiger partial charge in [-0.2, -0.15) is 0 Å². The number of carbonyl (C=O) groups excluding carboxylic acids is 2. The normalized spacial score (nSPS) is 23.4. The molecule has 0 radical (unpaired) electrons. The molecule has 5 heteroatoms. The summed E-state index contributed by atoms with van der Waals surface area (Å²) in [5.74, 6) is -0.272. The van der Waals surface area contributed by atoms with Crippen molar-refractivity contribution in [2.75, 3.05) is 5.32 Å². The van der Waals surface area contributed by atoms with E-state index in [1.807, 2.05) is 0 Å². The first-order valence-corrected chi connectivity index (χ1v) is 6.75. The second-order valence-electron chi connectivity index (χ2n) is 5.05. The van der Waals surface area contributed by atoms with Crippen molar-refractivity contribution in [3.05, 3.63) is 29.3 Å². The standard InChI is InChI=1S/C14H17ClN2O2/c1-14(8-3-2-7-12(18)17-14)13(19)16-11-6-4-5-10(15)9-11/h4-6,9H,2-3,7-8H2,1H3,(H,16,19)(H,17,18). The van der Waals surface area contributed by atoms with Crippen LogP contribution in [0.5, 0.6) is 0 Å². The van der Waals surface area contributed by atoms with Gasteiger partial charge in [-0.1, -0.05) is 24.1 Å². The molecule has 2 amide bonds. The van der Waals surface area contributed by atoms with E-state index in [1.54, 1.807) is 31.2 Å². The second kappa shape index (κ2) is 5.61. The Morgan fingerprint density at radius 1 is 1.42 bits per heavy atom. The molecule has 19 heavy (non-hydrogen) atoms. The van der Waals surface area contributed by atoms with Crippen molar-refractivity contribution in [2.24, 2.45) is 0 Å². The fraction of sp³-hybridized carbons (Fsp3) is 0.429. The summed E-state index contributed by atoms with van der Waals surface area (Å²) in [5.41, 5.74) is -0.215. The molecular formula is C14H17ClN2O2. The summed E-state index contributed by atoms with van der Waals surface area (Å²) in [6.07, 6.45) is 2.81. The lowest BCUT2D eigenvalue weighted by Gasteiger charge is -2.27. The highest BCUT2D eigenvalue weighted by atomic mass is 35.5. The molecule has 0 aromatic heterocycles. The average Bonchev–Trinajstić information content (AvgIpc) is 2.51. The Bertz CT molecular complexity index is 504. The van der Waals surface area contributed by atoms with E-state index in [0.29, 0.717) is 23.6 Å². The van der Waals surface area contributed by atoms with Gasteiger partial charge in [0.05, 0.1) is 0 Å². The van der Waals surface area contributed by atoms with Crippen LogP contribution in [0.1, 0.15) is 32.6 Å². The van der Waals surface area contributed by atoms with Gasteiger partial charge >= 0.3 is 0 Å². The fourth-order valence-electron chi connectivity index (χ4n) is 2.20. The second-order valence-corrected chi connectivity index (χ2v) is 5.49. The van der Waals surface area contributed by atoms with Crippen LogP contribution in [-0.4, -0.2) is 17.4 Å². The zero-order valence-electron chi connectivity index (χ0n) is 10.8. The zero-order valence-corrected chi connectivity index (χ0v) is 11.6. The molecule has 1 fully saturated rings. The molecule has 1 aliphatic heterocycles. The minimum absolute atomic E-state index is 0.0683. The molecule has 0 spiro atoms. The lowest BCUT2D eigenvalue weighted by Crippen LogP contribution is -2.53. The van der Waals surface area contributed by atoms with E-state index >= 15 is 0 Å². The third-order valence-electron chi connectivity index (χ3n) is 3.33. The molecule has 1 aromatic rings. The molecule has 1 aliphatic rings. The Kier molecular flexibility index (Phi) is 4.10. The van der Waals surface area contributed by atoms with E-state index in [0.717, 1.165) is 12.8 Å². The highest BCUT2D eigenvalue weighted by Crippen LogP contribution is 2.22. The predicted octanol–water partition coefficient (Wildman–Crippen LogP) is 2.73. The van der Waals surface area contributed by atoms with Crippen molar-refractivity contribution in [1.29, 1.82) is 0 Å². The van der Waals surface area contributed by atoms with Crippen LogP contribution in [0, 0.1) is 0 Å². The number of nitrogens with one attached hydrogen (secondary N) is 2. The summed E-state index contributed by atoms with van der Waals surface area (Å²) in [4.78, 5) is 23.9. The molecule has 1 atom stereocenters. The summed E-state index contributed by atoms with van der Waals surface area (Å²) in [5, 5.41) is 6.17. The van der Waals surface area contributed by atoms with E-state index in [1.165, 1.54) is 0 Å². The number of rotatable bonds is 2. The third-order valence-corrected chi connectivity index (χ3v) is 3.56. The van der Waals surface area contributed by atoms with Gasteiger partial charge < -0.3 is 10.6 Å². The van der Waals surface area contributed by atoms with Crippen molar-refractivity contribution in [3.8, 4) is 0 Å². The number of halogens is 1. The summed E-state index contributed by atoms with van der Waals surface area (Å²) in [6.45, 7) is 1.76. The van der Waals surface area contributed by atoms with Gasteiger partial charge in [0.2, 0.25) is 11.8 Å². The van der Waals surface area contributed by atoms with Crippen molar-refractivity contribution in [1.82, 2.24) is 5.32 Å². The Labute approximate surface area is 117 Å². The van der Waals surface area contributed by atoms with Crippen LogP contribution >= 0.6 is 11.6 Å². The monoisotopic (exact) mass is 280 g/mol. The third kappa shape index (κ3) is 3.47. The summed E-state index contributed by atoms with van der Waals surface area (Å²) in [6, 6.07) is 6.96. The Morgan fingerprint density at radius 3 is 2.95 bits per heavy atom. The van der Waals surface area contributed by atoms with Crippen LogP contribution < -0.4 is 10.6 Å². The van der Waals surface area contributed by atoms with Crippen LogP contribution in [0.25, 0.3) is 0 Å². The number of anilines is 1. The van der Waals surface area contributed by atoms with Crippen molar-refractivity contribution < 1.29 is 9.59 Å². The highest BCUT2D eigenvalue weighted by Gasteiger charge is 2.35. The van der Waals surface area contributed by atoms with Gasteiger partial charge in [-0.25, -0.2) is 0 Å². The van der Waals surface area contributed by atoms with Gasteiger partial charge in [0.15, 0.2) is 0 Å². The minimum Gasteiger partial charge on any atom is -0.342 e. The maximum absolute atomic E-state index is 12.3. The van der Waals surface area contributed by atoms with Gasteiger partial charge in [0, 0.05) is 17.1 Å². The molecule has 2 N–H and O–H groups in total. The largest absolute Gasteiger partial charge is 0.342 e. The van der Waals surface area contributed by atoms with E-state index in [-0.39, 0.29) is 11.8 Å². The SMILES string of the molecule is CC1(C(=O)Nc2cccc(Cl)c2)CCCCC(=O)N1. The fourth-order valence-corrected chi connectivity index (χ4v) is 2.39. The first-order valence-electron chi connectivity index (χ1n) is 6.38. The van der Waals surface area contributed by atoms with Gasteiger partial charge in [0.25, 0.3) is 0 Å². The van der Waals surface area contributed by atoms with Gasteiger partial charge in [-0.15, -0.1) is 0 Å². The molecule has 1 heterocycles.